The van der Waals surface area contributed by atoms with E-state index in [2.05, 4.69) is 0 Å². The number of hydrogen-bond donors (Lipinski definition) is 0. The first-order chi connectivity index (χ1) is 20.7. The van der Waals surface area contributed by atoms with E-state index in [0.29, 0.717) is 13.1 Å². The molecule has 16 heteroatoms. The summed E-state index contributed by atoms with van der Waals surface area (Å²) < 4.78 is 102. The summed E-state index contributed by atoms with van der Waals surface area (Å²) in [5, 5.41) is -0.0197. The number of fused-ring (bicyclic) bond motifs is 1. The van der Waals surface area contributed by atoms with Gasteiger partial charge < -0.3 is 9.80 Å². The summed E-state index contributed by atoms with van der Waals surface area (Å²) in [5.41, 5.74) is -1.29. The minimum atomic E-state index is -4.51. The third-order valence-corrected chi connectivity index (χ3v) is 11.0. The van der Waals surface area contributed by atoms with Gasteiger partial charge in [0.15, 0.2) is 23.3 Å². The number of halogens is 7. The summed E-state index contributed by atoms with van der Waals surface area (Å²) in [7, 11) is -4.51. The lowest BCUT2D eigenvalue weighted by atomic mass is 9.94. The van der Waals surface area contributed by atoms with Gasteiger partial charge in [-0.2, -0.15) is 4.31 Å². The third-order valence-electron chi connectivity index (χ3n) is 8.44. The van der Waals surface area contributed by atoms with Crippen LogP contribution in [0.15, 0.2) is 23.1 Å². The topological polar surface area (TPSA) is 81.2 Å². The van der Waals surface area contributed by atoms with Crippen molar-refractivity contribution in [3.63, 3.8) is 0 Å². The quantitative estimate of drug-likeness (QED) is 0.254. The molecule has 3 fully saturated rings. The minimum Gasteiger partial charge on any atom is -0.335 e. The zero-order chi connectivity index (χ0) is 32.2. The zero-order valence-electron chi connectivity index (χ0n) is 23.7. The molecule has 3 aliphatic rings. The van der Waals surface area contributed by atoms with Gasteiger partial charge in [-0.1, -0.05) is 29.6 Å². The first-order valence-corrected chi connectivity index (χ1v) is 16.2. The van der Waals surface area contributed by atoms with E-state index in [1.807, 2.05) is 0 Å². The van der Waals surface area contributed by atoms with Gasteiger partial charge in [0.05, 0.1) is 11.6 Å². The maximum absolute atomic E-state index is 14.9. The van der Waals surface area contributed by atoms with E-state index in [9.17, 15) is 40.0 Å². The monoisotopic (exact) mass is 682 g/mol. The highest BCUT2D eigenvalue weighted by atomic mass is 35.5. The Labute approximate surface area is 261 Å². The molecule has 0 aliphatic carbocycles. The molecule has 0 N–H and O–H groups in total. The Hall–Kier alpha value is -2.52. The van der Waals surface area contributed by atoms with Crippen LogP contribution in [0.5, 0.6) is 0 Å². The van der Waals surface area contributed by atoms with Gasteiger partial charge in [0, 0.05) is 29.6 Å². The fraction of sp³-hybridized carbons (Fsp3) is 0.500. The number of hydrogen-bond acceptors (Lipinski definition) is 5. The number of carbonyl (C=O) groups excluding carboxylic acids is 2. The van der Waals surface area contributed by atoms with Crippen LogP contribution in [-0.2, 0) is 26.0 Å². The molecule has 44 heavy (non-hydrogen) atoms. The molecule has 3 saturated heterocycles. The molecule has 0 bridgehead atoms. The smallest absolute Gasteiger partial charge is 0.246 e. The summed E-state index contributed by atoms with van der Waals surface area (Å²) in [4.78, 5) is 31.7. The van der Waals surface area contributed by atoms with Gasteiger partial charge in [-0.3, -0.25) is 14.5 Å². The Balaban J connectivity index is 1.68. The van der Waals surface area contributed by atoms with Crippen LogP contribution in [0.3, 0.4) is 0 Å². The van der Waals surface area contributed by atoms with E-state index >= 15 is 0 Å². The highest BCUT2D eigenvalue weighted by Crippen LogP contribution is 2.37. The van der Waals surface area contributed by atoms with E-state index in [-0.39, 0.29) is 28.0 Å². The molecule has 3 aliphatic heterocycles. The van der Waals surface area contributed by atoms with Crippen LogP contribution < -0.4 is 0 Å². The lowest BCUT2D eigenvalue weighted by molar-refractivity contribution is -0.172. The number of carbonyl (C=O) groups is 2. The van der Waals surface area contributed by atoms with Crippen molar-refractivity contribution >= 4 is 45.0 Å². The van der Waals surface area contributed by atoms with Gasteiger partial charge in [0.2, 0.25) is 27.7 Å². The van der Waals surface area contributed by atoms with Crippen LogP contribution in [0.25, 0.3) is 0 Å². The molecular weight excluding hydrogens is 654 g/mol. The van der Waals surface area contributed by atoms with E-state index < -0.39 is 87.2 Å². The van der Waals surface area contributed by atoms with Crippen molar-refractivity contribution in [1.82, 2.24) is 19.0 Å². The summed E-state index contributed by atoms with van der Waals surface area (Å²) in [6.45, 7) is 3.47. The summed E-state index contributed by atoms with van der Waals surface area (Å²) >= 11 is 12.3. The molecule has 5 rings (SSSR count). The highest BCUT2D eigenvalue weighted by molar-refractivity contribution is 7.89. The standard InChI is InChI=1S/C28H29Cl2F5N4O4S/c1-14(2)37-13-21-38(44(42,43)20-7-6-15(29)10-17(20)30)12-19(36-8-4-3-5-9-36)28(41)39(21)18(27(37)40)11-16-22(31)24(33)26(35)25(34)23(16)32/h6-7,10,14,18-19,21H,3-5,8-9,11-13H2,1-2H3. The number of likely N-dealkylation sites (tertiary alicyclic amines) is 1. The average molecular weight is 684 g/mol. The Bertz CT molecular complexity index is 1580. The summed E-state index contributed by atoms with van der Waals surface area (Å²) in [6, 6.07) is 0.306. The third kappa shape index (κ3) is 5.57. The molecule has 0 saturated carbocycles. The maximum Gasteiger partial charge on any atom is 0.246 e. The molecule has 240 valence electrons. The molecular formula is C28H29Cl2F5N4O4S. The van der Waals surface area contributed by atoms with Crippen LogP contribution in [0.4, 0.5) is 22.0 Å². The maximum atomic E-state index is 14.9. The minimum absolute atomic E-state index is 0.174. The van der Waals surface area contributed by atoms with Crippen LogP contribution in [0, 0.1) is 29.1 Å². The van der Waals surface area contributed by atoms with Crippen LogP contribution in [0.1, 0.15) is 38.7 Å². The van der Waals surface area contributed by atoms with Crippen molar-refractivity contribution in [3.8, 4) is 0 Å². The molecule has 3 heterocycles. The molecule has 3 unspecified atom stereocenters. The normalized spacial score (nSPS) is 23.9. The fourth-order valence-electron chi connectivity index (χ4n) is 6.19. The summed E-state index contributed by atoms with van der Waals surface area (Å²) in [5.74, 6) is -12.5. The Kier molecular flexibility index (Phi) is 9.22. The zero-order valence-corrected chi connectivity index (χ0v) is 26.0. The Morgan fingerprint density at radius 2 is 1.45 bits per heavy atom. The second-order valence-corrected chi connectivity index (χ2v) is 14.0. The number of piperidine rings is 1. The number of benzene rings is 2. The van der Waals surface area contributed by atoms with Crippen LogP contribution >= 0.6 is 23.2 Å². The second-order valence-electron chi connectivity index (χ2n) is 11.3. The van der Waals surface area contributed by atoms with Crippen molar-refractivity contribution in [2.24, 2.45) is 0 Å². The van der Waals surface area contributed by atoms with Gasteiger partial charge in [0.25, 0.3) is 0 Å². The van der Waals surface area contributed by atoms with E-state index in [1.54, 1.807) is 18.7 Å². The van der Waals surface area contributed by atoms with E-state index in [0.717, 1.165) is 28.5 Å². The van der Waals surface area contributed by atoms with E-state index in [4.69, 9.17) is 23.2 Å². The highest BCUT2D eigenvalue weighted by Gasteiger charge is 2.55. The van der Waals surface area contributed by atoms with Gasteiger partial charge in [-0.15, -0.1) is 0 Å². The average Bonchev–Trinajstić information content (AvgIpc) is 2.98. The predicted octanol–water partition coefficient (Wildman–Crippen LogP) is 4.56. The van der Waals surface area contributed by atoms with Gasteiger partial charge in [0.1, 0.15) is 23.1 Å². The number of amides is 2. The van der Waals surface area contributed by atoms with Crippen LogP contribution in [0.2, 0.25) is 10.0 Å². The SMILES string of the molecule is CC(C)N1CC2N(C(=O)C(N3CCCCC3)CN2S(=O)(=O)c2ccc(Cl)cc2Cl)C(Cc2c(F)c(F)c(F)c(F)c2F)C1=O. The van der Waals surface area contributed by atoms with Gasteiger partial charge >= 0.3 is 0 Å². The van der Waals surface area contributed by atoms with Gasteiger partial charge in [-0.05, 0) is 58.0 Å². The Morgan fingerprint density at radius 1 is 0.864 bits per heavy atom. The summed E-state index contributed by atoms with van der Waals surface area (Å²) in [6.07, 6.45) is -0.143. The molecule has 0 aromatic heterocycles. The molecule has 2 aromatic rings. The van der Waals surface area contributed by atoms with Crippen molar-refractivity contribution in [2.45, 2.75) is 68.7 Å². The van der Waals surface area contributed by atoms with Crippen molar-refractivity contribution in [1.29, 1.82) is 0 Å². The Morgan fingerprint density at radius 3 is 2.02 bits per heavy atom. The lowest BCUT2D eigenvalue weighted by Gasteiger charge is -2.55. The van der Waals surface area contributed by atoms with Gasteiger partial charge in [-0.25, -0.2) is 30.4 Å². The first-order valence-electron chi connectivity index (χ1n) is 14.0. The van der Waals surface area contributed by atoms with Crippen LogP contribution in [-0.4, -0.2) is 89.7 Å². The fourth-order valence-corrected chi connectivity index (χ4v) is 8.51. The largest absolute Gasteiger partial charge is 0.335 e. The molecule has 2 amide bonds. The number of piperazine rings is 1. The van der Waals surface area contributed by atoms with Crippen molar-refractivity contribution in [2.75, 3.05) is 26.2 Å². The molecule has 8 nitrogen and oxygen atoms in total. The van der Waals surface area contributed by atoms with E-state index in [1.165, 1.54) is 23.1 Å². The molecule has 2 aromatic carbocycles. The van der Waals surface area contributed by atoms with Crippen molar-refractivity contribution < 1.29 is 40.0 Å². The number of rotatable bonds is 6. The number of sulfonamides is 1. The first kappa shape index (κ1) is 32.9. The lowest BCUT2D eigenvalue weighted by Crippen LogP contribution is -2.76. The molecule has 0 radical (unpaired) electrons. The van der Waals surface area contributed by atoms with Crippen molar-refractivity contribution in [3.05, 3.63) is 62.9 Å². The second kappa shape index (κ2) is 12.3. The molecule has 3 atom stereocenters. The molecule has 0 spiro atoms. The number of nitrogens with zero attached hydrogens (tertiary/aromatic N) is 4. The predicted molar refractivity (Wildman–Crippen MR) is 151 cm³/mol.